The summed E-state index contributed by atoms with van der Waals surface area (Å²) in [6.45, 7) is 3.80. The minimum atomic E-state index is -4.66. The van der Waals surface area contributed by atoms with Crippen molar-refractivity contribution in [1.29, 1.82) is 0 Å². The Morgan fingerprint density at radius 2 is 1.87 bits per heavy atom. The van der Waals surface area contributed by atoms with Gasteiger partial charge < -0.3 is 10.6 Å². The quantitative estimate of drug-likeness (QED) is 0.561. The summed E-state index contributed by atoms with van der Waals surface area (Å²) in [7, 11) is 0. The SMILES string of the molecule is Cc1cc(C)nc(N(N)C2=C(N)CN(C(=O)c3cccc(C(F)(F)F)c3Cl)CC2)n1. The predicted octanol–water partition coefficient (Wildman–Crippen LogP) is 3.16. The molecule has 1 aliphatic heterocycles. The highest BCUT2D eigenvalue weighted by molar-refractivity contribution is 6.34. The van der Waals surface area contributed by atoms with E-state index in [1.54, 1.807) is 6.07 Å². The van der Waals surface area contributed by atoms with Gasteiger partial charge in [0.05, 0.1) is 28.4 Å². The second-order valence-electron chi connectivity index (χ2n) is 6.93. The van der Waals surface area contributed by atoms with Crippen LogP contribution in [-0.4, -0.2) is 33.9 Å². The van der Waals surface area contributed by atoms with E-state index in [4.69, 9.17) is 23.2 Å². The van der Waals surface area contributed by atoms with Gasteiger partial charge in [-0.05, 0) is 32.0 Å². The lowest BCUT2D eigenvalue weighted by Gasteiger charge is -2.32. The molecule has 1 amide bonds. The van der Waals surface area contributed by atoms with E-state index in [1.165, 1.54) is 16.0 Å². The van der Waals surface area contributed by atoms with Crippen molar-refractivity contribution in [2.75, 3.05) is 18.1 Å². The third-order valence-corrected chi connectivity index (χ3v) is 5.06. The molecule has 2 heterocycles. The summed E-state index contributed by atoms with van der Waals surface area (Å²) >= 11 is 5.88. The molecule has 2 aromatic rings. The van der Waals surface area contributed by atoms with Gasteiger partial charge >= 0.3 is 6.18 Å². The van der Waals surface area contributed by atoms with Crippen LogP contribution in [0.15, 0.2) is 35.7 Å². The normalized spacial score (nSPS) is 14.8. The highest BCUT2D eigenvalue weighted by Crippen LogP contribution is 2.36. The Morgan fingerprint density at radius 1 is 1.23 bits per heavy atom. The van der Waals surface area contributed by atoms with Crippen LogP contribution in [0.25, 0.3) is 0 Å². The average Bonchev–Trinajstić information content (AvgIpc) is 2.65. The molecule has 1 aromatic carbocycles. The Morgan fingerprint density at radius 3 is 2.43 bits per heavy atom. The fourth-order valence-corrected chi connectivity index (χ4v) is 3.56. The summed E-state index contributed by atoms with van der Waals surface area (Å²) in [5.74, 6) is 5.77. The van der Waals surface area contributed by atoms with Crippen molar-refractivity contribution in [2.24, 2.45) is 11.6 Å². The van der Waals surface area contributed by atoms with Crippen molar-refractivity contribution in [2.45, 2.75) is 26.4 Å². The number of hydrazine groups is 1. The summed E-state index contributed by atoms with van der Waals surface area (Å²) in [4.78, 5) is 22.7. The largest absolute Gasteiger partial charge is 0.417 e. The van der Waals surface area contributed by atoms with Crippen LogP contribution in [-0.2, 0) is 6.18 Å². The maximum absolute atomic E-state index is 13.1. The molecule has 0 radical (unpaired) electrons. The number of nitrogens with zero attached hydrogens (tertiary/aromatic N) is 4. The molecule has 0 atom stereocenters. The van der Waals surface area contributed by atoms with Crippen LogP contribution < -0.4 is 16.6 Å². The monoisotopic (exact) mass is 440 g/mol. The van der Waals surface area contributed by atoms with Gasteiger partial charge in [0.25, 0.3) is 5.91 Å². The van der Waals surface area contributed by atoms with E-state index in [9.17, 15) is 18.0 Å². The third-order valence-electron chi connectivity index (χ3n) is 4.65. The number of amides is 1. The van der Waals surface area contributed by atoms with E-state index in [0.717, 1.165) is 23.5 Å². The highest BCUT2D eigenvalue weighted by atomic mass is 35.5. The zero-order valence-electron chi connectivity index (χ0n) is 16.3. The minimum absolute atomic E-state index is 0.0146. The number of alkyl halides is 3. The van der Waals surface area contributed by atoms with Gasteiger partial charge in [-0.15, -0.1) is 0 Å². The molecule has 0 aliphatic carbocycles. The van der Waals surface area contributed by atoms with Crippen LogP contribution in [0.4, 0.5) is 19.1 Å². The van der Waals surface area contributed by atoms with E-state index < -0.39 is 22.7 Å². The molecule has 0 spiro atoms. The first-order valence-corrected chi connectivity index (χ1v) is 9.36. The first kappa shape index (κ1) is 21.8. The van der Waals surface area contributed by atoms with Gasteiger partial charge in [0.1, 0.15) is 0 Å². The number of hydrogen-bond acceptors (Lipinski definition) is 6. The standard InChI is InChI=1S/C19H20ClF3N6O/c1-10-8-11(2)27-18(26-10)29(25)15-6-7-28(9-14(15)24)17(30)12-4-3-5-13(16(12)20)19(21,22)23/h3-5,8H,6-7,9,24-25H2,1-2H3. The summed E-state index contributed by atoms with van der Waals surface area (Å²) in [6.07, 6.45) is -4.38. The predicted molar refractivity (Wildman–Crippen MR) is 106 cm³/mol. The summed E-state index contributed by atoms with van der Waals surface area (Å²) in [6, 6.07) is 5.04. The Labute approximate surface area is 176 Å². The molecule has 4 N–H and O–H groups in total. The Bertz CT molecular complexity index is 1000. The summed E-state index contributed by atoms with van der Waals surface area (Å²) in [5, 5.41) is 0.640. The molecule has 11 heteroatoms. The van der Waals surface area contributed by atoms with E-state index >= 15 is 0 Å². The van der Waals surface area contributed by atoms with Gasteiger partial charge in [0.2, 0.25) is 5.95 Å². The number of nitrogens with two attached hydrogens (primary N) is 2. The van der Waals surface area contributed by atoms with Crippen LogP contribution >= 0.6 is 11.6 Å². The smallest absolute Gasteiger partial charge is 0.399 e. The first-order chi connectivity index (χ1) is 14.0. The number of benzene rings is 1. The highest BCUT2D eigenvalue weighted by Gasteiger charge is 2.35. The maximum atomic E-state index is 13.1. The fraction of sp³-hybridized carbons (Fsp3) is 0.316. The Kier molecular flexibility index (Phi) is 5.91. The number of aryl methyl sites for hydroxylation is 2. The number of halogens is 4. The lowest BCUT2D eigenvalue weighted by molar-refractivity contribution is -0.137. The molecular weight excluding hydrogens is 421 g/mol. The van der Waals surface area contributed by atoms with Gasteiger partial charge in [-0.1, -0.05) is 17.7 Å². The summed E-state index contributed by atoms with van der Waals surface area (Å²) < 4.78 is 39.3. The zero-order chi connectivity index (χ0) is 22.2. The van der Waals surface area contributed by atoms with Crippen molar-refractivity contribution in [3.05, 3.63) is 63.2 Å². The topological polar surface area (TPSA) is 101 Å². The molecule has 160 valence electrons. The molecule has 0 bridgehead atoms. The lowest BCUT2D eigenvalue weighted by Crippen LogP contribution is -2.44. The number of rotatable bonds is 3. The number of aromatic nitrogens is 2. The Hall–Kier alpha value is -2.85. The number of carbonyl (C=O) groups is 1. The first-order valence-electron chi connectivity index (χ1n) is 8.98. The molecule has 0 saturated carbocycles. The van der Waals surface area contributed by atoms with E-state index in [1.807, 2.05) is 13.8 Å². The average molecular weight is 441 g/mol. The van der Waals surface area contributed by atoms with Crippen LogP contribution in [0.2, 0.25) is 5.02 Å². The van der Waals surface area contributed by atoms with Crippen molar-refractivity contribution >= 4 is 23.5 Å². The third kappa shape index (κ3) is 4.34. The van der Waals surface area contributed by atoms with Crippen molar-refractivity contribution in [3.8, 4) is 0 Å². The lowest BCUT2D eigenvalue weighted by atomic mass is 10.1. The molecule has 1 aliphatic rings. The molecule has 0 saturated heterocycles. The molecule has 0 unspecified atom stereocenters. The van der Waals surface area contributed by atoms with Crippen LogP contribution in [0.3, 0.4) is 0 Å². The van der Waals surface area contributed by atoms with Crippen LogP contribution in [0.5, 0.6) is 0 Å². The van der Waals surface area contributed by atoms with E-state index in [-0.39, 0.29) is 31.0 Å². The number of carbonyl (C=O) groups excluding carboxylic acids is 1. The van der Waals surface area contributed by atoms with E-state index in [0.29, 0.717) is 11.4 Å². The number of hydrogen-bond donors (Lipinski definition) is 2. The fourth-order valence-electron chi connectivity index (χ4n) is 3.25. The molecule has 1 aromatic heterocycles. The van der Waals surface area contributed by atoms with Gasteiger partial charge in [0.15, 0.2) is 0 Å². The van der Waals surface area contributed by atoms with Gasteiger partial charge in [-0.2, -0.15) is 13.2 Å². The molecular formula is C19H20ClF3N6O. The molecule has 0 fully saturated rings. The molecule has 7 nitrogen and oxygen atoms in total. The summed E-state index contributed by atoms with van der Waals surface area (Å²) in [5.41, 5.74) is 7.15. The Balaban J connectivity index is 1.84. The second-order valence-corrected chi connectivity index (χ2v) is 7.31. The zero-order valence-corrected chi connectivity index (χ0v) is 17.1. The molecule has 3 rings (SSSR count). The molecule has 30 heavy (non-hydrogen) atoms. The maximum Gasteiger partial charge on any atom is 0.417 e. The van der Waals surface area contributed by atoms with Crippen molar-refractivity contribution in [1.82, 2.24) is 14.9 Å². The minimum Gasteiger partial charge on any atom is -0.399 e. The van der Waals surface area contributed by atoms with Crippen molar-refractivity contribution in [3.63, 3.8) is 0 Å². The second kappa shape index (κ2) is 8.11. The van der Waals surface area contributed by atoms with Gasteiger partial charge in [-0.25, -0.2) is 20.8 Å². The van der Waals surface area contributed by atoms with Crippen molar-refractivity contribution < 1.29 is 18.0 Å². The number of anilines is 1. The van der Waals surface area contributed by atoms with Gasteiger partial charge in [0, 0.05) is 30.1 Å². The van der Waals surface area contributed by atoms with Gasteiger partial charge in [-0.3, -0.25) is 4.79 Å². The van der Waals surface area contributed by atoms with Crippen LogP contribution in [0.1, 0.15) is 33.7 Å². The van der Waals surface area contributed by atoms with Crippen LogP contribution in [0, 0.1) is 13.8 Å². The van der Waals surface area contributed by atoms with E-state index in [2.05, 4.69) is 9.97 Å².